The van der Waals surface area contributed by atoms with Crippen molar-refractivity contribution >= 4 is 11.6 Å². The summed E-state index contributed by atoms with van der Waals surface area (Å²) in [6.07, 6.45) is 12.0. The molecule has 0 aliphatic carbocycles. The first-order chi connectivity index (χ1) is 4.93. The lowest BCUT2D eigenvalue weighted by Crippen LogP contribution is -2.11. The number of rotatable bonds is 2. The van der Waals surface area contributed by atoms with E-state index in [1.165, 1.54) is 0 Å². The summed E-state index contributed by atoms with van der Waals surface area (Å²) >= 11 is 5.56. The molecule has 0 saturated heterocycles. The highest BCUT2D eigenvalue weighted by Crippen LogP contribution is 1.97. The molecule has 0 aromatic rings. The van der Waals surface area contributed by atoms with Gasteiger partial charge >= 0.3 is 0 Å². The van der Waals surface area contributed by atoms with E-state index < -0.39 is 0 Å². The predicted molar refractivity (Wildman–Crippen MR) is 44.8 cm³/mol. The molecule has 54 valence electrons. The average Bonchev–Trinajstić information content (AvgIpc) is 2.17. The van der Waals surface area contributed by atoms with Gasteiger partial charge in [-0.05, 0) is 12.2 Å². The van der Waals surface area contributed by atoms with Crippen LogP contribution in [-0.4, -0.2) is 17.3 Å². The van der Waals surface area contributed by atoms with Gasteiger partial charge in [0.15, 0.2) is 0 Å². The normalized spacial score (nSPS) is 15.9. The van der Waals surface area contributed by atoms with Crippen molar-refractivity contribution < 1.29 is 0 Å². The van der Waals surface area contributed by atoms with Gasteiger partial charge in [0.05, 0.1) is 0 Å². The Labute approximate surface area is 66.3 Å². The monoisotopic (exact) mass is 155 g/mol. The Morgan fingerprint density at radius 1 is 1.00 bits per heavy atom. The molecular formula is C8H10ClN. The van der Waals surface area contributed by atoms with Crippen molar-refractivity contribution in [3.05, 3.63) is 36.7 Å². The Balaban J connectivity index is 2.46. The molecule has 10 heavy (non-hydrogen) atoms. The van der Waals surface area contributed by atoms with Gasteiger partial charge in [-0.1, -0.05) is 12.2 Å². The van der Waals surface area contributed by atoms with Crippen molar-refractivity contribution in [3.63, 3.8) is 0 Å². The van der Waals surface area contributed by atoms with E-state index in [2.05, 4.69) is 0 Å². The van der Waals surface area contributed by atoms with Crippen LogP contribution >= 0.6 is 11.6 Å². The summed E-state index contributed by atoms with van der Waals surface area (Å²) in [6.45, 7) is 0.871. The molecule has 0 fully saturated rings. The van der Waals surface area contributed by atoms with E-state index in [4.69, 9.17) is 11.6 Å². The zero-order valence-corrected chi connectivity index (χ0v) is 6.46. The van der Waals surface area contributed by atoms with Gasteiger partial charge in [-0.2, -0.15) is 0 Å². The molecule has 0 bridgehead atoms. The van der Waals surface area contributed by atoms with Gasteiger partial charge in [-0.3, -0.25) is 0 Å². The Hall–Kier alpha value is -0.690. The van der Waals surface area contributed by atoms with Gasteiger partial charge in [0.1, 0.15) is 0 Å². The van der Waals surface area contributed by atoms with Crippen LogP contribution in [0.3, 0.4) is 0 Å². The van der Waals surface area contributed by atoms with Crippen LogP contribution in [0.5, 0.6) is 0 Å². The van der Waals surface area contributed by atoms with Gasteiger partial charge in [0.25, 0.3) is 0 Å². The number of hydrogen-bond acceptors (Lipinski definition) is 1. The highest BCUT2D eigenvalue weighted by atomic mass is 35.5. The van der Waals surface area contributed by atoms with E-state index in [0.29, 0.717) is 5.88 Å². The van der Waals surface area contributed by atoms with Crippen molar-refractivity contribution in [2.75, 3.05) is 12.4 Å². The molecule has 0 aromatic carbocycles. The fraction of sp³-hybridized carbons (Fsp3) is 0.250. The lowest BCUT2D eigenvalue weighted by Gasteiger charge is -2.11. The molecule has 0 N–H and O–H groups in total. The van der Waals surface area contributed by atoms with Crippen molar-refractivity contribution in [2.45, 2.75) is 0 Å². The Kier molecular flexibility index (Phi) is 3.10. The summed E-state index contributed by atoms with van der Waals surface area (Å²) < 4.78 is 0. The fourth-order valence-corrected chi connectivity index (χ4v) is 0.940. The lowest BCUT2D eigenvalue weighted by atomic mass is 10.5. The van der Waals surface area contributed by atoms with Crippen molar-refractivity contribution in [1.29, 1.82) is 0 Å². The summed E-state index contributed by atoms with van der Waals surface area (Å²) in [5.41, 5.74) is 0. The molecule has 1 aliphatic heterocycles. The molecule has 1 aliphatic rings. The summed E-state index contributed by atoms with van der Waals surface area (Å²) in [7, 11) is 0. The maximum atomic E-state index is 5.56. The molecular weight excluding hydrogens is 146 g/mol. The second kappa shape index (κ2) is 4.18. The smallest absolute Gasteiger partial charge is 0.0403 e. The van der Waals surface area contributed by atoms with Crippen LogP contribution in [0.25, 0.3) is 0 Å². The van der Waals surface area contributed by atoms with Gasteiger partial charge in [0, 0.05) is 24.8 Å². The molecule has 0 atom stereocenters. The second-order valence-corrected chi connectivity index (χ2v) is 2.37. The number of allylic oxidation sites excluding steroid dienone is 4. The lowest BCUT2D eigenvalue weighted by molar-refractivity contribution is 0.541. The van der Waals surface area contributed by atoms with Crippen LogP contribution in [0.1, 0.15) is 0 Å². The maximum absolute atomic E-state index is 5.56. The van der Waals surface area contributed by atoms with Crippen molar-refractivity contribution in [1.82, 2.24) is 4.90 Å². The van der Waals surface area contributed by atoms with Crippen LogP contribution in [0, 0.1) is 0 Å². The highest BCUT2D eigenvalue weighted by Gasteiger charge is 1.91. The van der Waals surface area contributed by atoms with E-state index in [1.807, 2.05) is 41.6 Å². The standard InChI is InChI=1S/C8H10ClN/c9-5-8-10-6-3-1-2-4-7-10/h1-4,6-7H,5,8H2. The third-order valence-corrected chi connectivity index (χ3v) is 1.40. The van der Waals surface area contributed by atoms with Crippen molar-refractivity contribution in [3.8, 4) is 0 Å². The summed E-state index contributed by atoms with van der Waals surface area (Å²) in [5.74, 6) is 0.661. The molecule has 0 aromatic heterocycles. The van der Waals surface area contributed by atoms with Gasteiger partial charge in [-0.25, -0.2) is 0 Å². The summed E-state index contributed by atoms with van der Waals surface area (Å²) in [5, 5.41) is 0. The number of halogens is 1. The Morgan fingerprint density at radius 2 is 1.60 bits per heavy atom. The largest absolute Gasteiger partial charge is 0.353 e. The fourth-order valence-electron chi connectivity index (χ4n) is 0.745. The summed E-state index contributed by atoms with van der Waals surface area (Å²) in [4.78, 5) is 2.05. The first kappa shape index (κ1) is 7.42. The third-order valence-electron chi connectivity index (χ3n) is 1.23. The van der Waals surface area contributed by atoms with Gasteiger partial charge in [-0.15, -0.1) is 11.6 Å². The van der Waals surface area contributed by atoms with Crippen LogP contribution in [0.15, 0.2) is 36.7 Å². The van der Waals surface area contributed by atoms with E-state index >= 15 is 0 Å². The third kappa shape index (κ3) is 2.28. The predicted octanol–water partition coefficient (Wildman–Crippen LogP) is 2.12. The minimum absolute atomic E-state index is 0.661. The molecule has 0 amide bonds. The van der Waals surface area contributed by atoms with E-state index in [9.17, 15) is 0 Å². The van der Waals surface area contributed by atoms with Crippen LogP contribution in [0.2, 0.25) is 0 Å². The first-order valence-electron chi connectivity index (χ1n) is 3.27. The quantitative estimate of drug-likeness (QED) is 0.553. The molecule has 1 rings (SSSR count). The topological polar surface area (TPSA) is 3.24 Å². The zero-order chi connectivity index (χ0) is 7.23. The van der Waals surface area contributed by atoms with Gasteiger partial charge in [0.2, 0.25) is 0 Å². The van der Waals surface area contributed by atoms with Crippen LogP contribution in [0.4, 0.5) is 0 Å². The molecule has 0 saturated carbocycles. The molecule has 0 spiro atoms. The maximum Gasteiger partial charge on any atom is 0.0403 e. The van der Waals surface area contributed by atoms with Gasteiger partial charge < -0.3 is 4.90 Å². The highest BCUT2D eigenvalue weighted by molar-refractivity contribution is 6.18. The van der Waals surface area contributed by atoms with Crippen LogP contribution in [-0.2, 0) is 0 Å². The Morgan fingerprint density at radius 3 is 2.10 bits per heavy atom. The SMILES string of the molecule is ClCCN1C=CC=CC=C1. The van der Waals surface area contributed by atoms with Crippen molar-refractivity contribution in [2.24, 2.45) is 0 Å². The molecule has 2 heteroatoms. The molecule has 1 heterocycles. The number of nitrogens with zero attached hydrogens (tertiary/aromatic N) is 1. The zero-order valence-electron chi connectivity index (χ0n) is 5.70. The minimum atomic E-state index is 0.661. The molecule has 1 nitrogen and oxygen atoms in total. The Bertz CT molecular complexity index is 154. The molecule has 0 unspecified atom stereocenters. The number of hydrogen-bond donors (Lipinski definition) is 0. The first-order valence-corrected chi connectivity index (χ1v) is 3.80. The average molecular weight is 156 g/mol. The van der Waals surface area contributed by atoms with E-state index in [0.717, 1.165) is 6.54 Å². The molecule has 0 radical (unpaired) electrons. The van der Waals surface area contributed by atoms with E-state index in [-0.39, 0.29) is 0 Å². The number of alkyl halides is 1. The summed E-state index contributed by atoms with van der Waals surface area (Å²) in [6, 6.07) is 0. The second-order valence-electron chi connectivity index (χ2n) is 1.99. The van der Waals surface area contributed by atoms with Crippen LogP contribution < -0.4 is 0 Å². The minimum Gasteiger partial charge on any atom is -0.353 e. The van der Waals surface area contributed by atoms with E-state index in [1.54, 1.807) is 0 Å².